The molecule has 0 N–H and O–H groups in total. The van der Waals surface area contributed by atoms with E-state index >= 15 is 0 Å². The first-order chi connectivity index (χ1) is 5.49. The molecular weight excluding hydrogens is 296 g/mol. The van der Waals surface area contributed by atoms with Gasteiger partial charge in [0.15, 0.2) is 0 Å². The highest BCUT2D eigenvalue weighted by Gasteiger charge is 2.27. The summed E-state index contributed by atoms with van der Waals surface area (Å²) in [6.07, 6.45) is 3.75. The molecule has 1 atom stereocenters. The summed E-state index contributed by atoms with van der Waals surface area (Å²) in [5, 5.41) is 0. The lowest BCUT2D eigenvalue weighted by atomic mass is 10.0. The standard InChI is InChI=1S/C8H14Cl3N.BrH/c1-7-4-2-3-5-12(7)6-8(9,10)11;/h7H,2-6H2,1H3;1H. The lowest BCUT2D eigenvalue weighted by Crippen LogP contribution is -2.42. The minimum atomic E-state index is -1.12. The molecule has 0 aromatic heterocycles. The van der Waals surface area contributed by atoms with E-state index in [1.165, 1.54) is 19.3 Å². The van der Waals surface area contributed by atoms with Gasteiger partial charge in [-0.1, -0.05) is 41.2 Å². The molecule has 0 aromatic rings. The second kappa shape index (κ2) is 6.02. The van der Waals surface area contributed by atoms with Crippen LogP contribution in [0, 0.1) is 0 Å². The van der Waals surface area contributed by atoms with Crippen LogP contribution >= 0.6 is 51.8 Å². The fourth-order valence-electron chi connectivity index (χ4n) is 1.62. The zero-order valence-electron chi connectivity index (χ0n) is 7.60. The molecule has 0 radical (unpaired) electrons. The lowest BCUT2D eigenvalue weighted by Gasteiger charge is -2.35. The predicted molar refractivity (Wildman–Crippen MR) is 65.5 cm³/mol. The van der Waals surface area contributed by atoms with E-state index in [0.717, 1.165) is 6.54 Å². The smallest absolute Gasteiger partial charge is 0.203 e. The molecule has 5 heteroatoms. The molecule has 0 aliphatic carbocycles. The molecule has 1 aliphatic rings. The maximum atomic E-state index is 5.72. The summed E-state index contributed by atoms with van der Waals surface area (Å²) in [5.74, 6) is 0. The van der Waals surface area contributed by atoms with Gasteiger partial charge in [-0.25, -0.2) is 0 Å². The van der Waals surface area contributed by atoms with Crippen molar-refractivity contribution in [2.24, 2.45) is 0 Å². The van der Waals surface area contributed by atoms with E-state index in [-0.39, 0.29) is 17.0 Å². The summed E-state index contributed by atoms with van der Waals surface area (Å²) in [6.45, 7) is 3.81. The number of halogens is 4. The molecule has 1 aliphatic heterocycles. The third kappa shape index (κ3) is 5.68. The Morgan fingerprint density at radius 3 is 2.38 bits per heavy atom. The molecular formula is C8H15BrCl3N. The Hall–Kier alpha value is 1.31. The molecule has 0 aromatic carbocycles. The van der Waals surface area contributed by atoms with Crippen LogP contribution in [-0.2, 0) is 0 Å². The van der Waals surface area contributed by atoms with Crippen LogP contribution in [0.4, 0.5) is 0 Å². The van der Waals surface area contributed by atoms with Gasteiger partial charge in [-0.05, 0) is 26.3 Å². The van der Waals surface area contributed by atoms with E-state index in [1.807, 2.05) is 0 Å². The van der Waals surface area contributed by atoms with Crippen molar-refractivity contribution in [1.82, 2.24) is 4.90 Å². The topological polar surface area (TPSA) is 3.24 Å². The minimum Gasteiger partial charge on any atom is -0.296 e. The first-order valence-corrected chi connectivity index (χ1v) is 5.43. The van der Waals surface area contributed by atoms with E-state index in [1.54, 1.807) is 0 Å². The molecule has 1 heterocycles. The normalized spacial score (nSPS) is 25.4. The van der Waals surface area contributed by atoms with Crippen molar-refractivity contribution < 1.29 is 0 Å². The Morgan fingerprint density at radius 2 is 1.92 bits per heavy atom. The van der Waals surface area contributed by atoms with Crippen LogP contribution in [0.1, 0.15) is 26.2 Å². The van der Waals surface area contributed by atoms with Crippen molar-refractivity contribution in [1.29, 1.82) is 0 Å². The van der Waals surface area contributed by atoms with Gasteiger partial charge in [0, 0.05) is 12.6 Å². The summed E-state index contributed by atoms with van der Waals surface area (Å²) < 4.78 is -1.12. The number of hydrogen-bond acceptors (Lipinski definition) is 1. The van der Waals surface area contributed by atoms with E-state index < -0.39 is 3.79 Å². The summed E-state index contributed by atoms with van der Waals surface area (Å²) >= 11 is 17.2. The maximum absolute atomic E-state index is 5.72. The summed E-state index contributed by atoms with van der Waals surface area (Å²) in [7, 11) is 0. The molecule has 80 valence electrons. The largest absolute Gasteiger partial charge is 0.296 e. The first-order valence-electron chi connectivity index (χ1n) is 4.30. The Bertz CT molecular complexity index is 149. The molecule has 0 spiro atoms. The molecule has 13 heavy (non-hydrogen) atoms. The van der Waals surface area contributed by atoms with Crippen LogP contribution in [0.25, 0.3) is 0 Å². The van der Waals surface area contributed by atoms with Crippen molar-refractivity contribution in [3.05, 3.63) is 0 Å². The van der Waals surface area contributed by atoms with Gasteiger partial charge in [0.2, 0.25) is 3.79 Å². The average Bonchev–Trinajstić information content (AvgIpc) is 1.91. The Labute approximate surface area is 105 Å². The Morgan fingerprint density at radius 1 is 1.31 bits per heavy atom. The van der Waals surface area contributed by atoms with Gasteiger partial charge in [-0.3, -0.25) is 4.90 Å². The van der Waals surface area contributed by atoms with E-state index in [2.05, 4.69) is 11.8 Å². The van der Waals surface area contributed by atoms with Crippen LogP contribution in [-0.4, -0.2) is 27.8 Å². The highest BCUT2D eigenvalue weighted by Crippen LogP contribution is 2.29. The molecule has 0 amide bonds. The summed E-state index contributed by atoms with van der Waals surface area (Å²) in [5.41, 5.74) is 0. The minimum absolute atomic E-state index is 0. The quantitative estimate of drug-likeness (QED) is 0.666. The Balaban J connectivity index is 0.00000144. The fourth-order valence-corrected chi connectivity index (χ4v) is 2.08. The third-order valence-electron chi connectivity index (χ3n) is 2.32. The summed E-state index contributed by atoms with van der Waals surface area (Å²) in [4.78, 5) is 2.25. The van der Waals surface area contributed by atoms with Crippen molar-refractivity contribution in [2.75, 3.05) is 13.1 Å². The summed E-state index contributed by atoms with van der Waals surface area (Å²) in [6, 6.07) is 0.564. The monoisotopic (exact) mass is 309 g/mol. The maximum Gasteiger partial charge on any atom is 0.203 e. The van der Waals surface area contributed by atoms with Crippen molar-refractivity contribution >= 4 is 51.8 Å². The van der Waals surface area contributed by atoms with Gasteiger partial charge in [0.25, 0.3) is 0 Å². The lowest BCUT2D eigenvalue weighted by molar-refractivity contribution is 0.164. The van der Waals surface area contributed by atoms with E-state index in [4.69, 9.17) is 34.8 Å². The van der Waals surface area contributed by atoms with Crippen LogP contribution in [0.15, 0.2) is 0 Å². The number of hydrogen-bond donors (Lipinski definition) is 0. The van der Waals surface area contributed by atoms with Gasteiger partial charge < -0.3 is 0 Å². The van der Waals surface area contributed by atoms with Crippen molar-refractivity contribution in [3.63, 3.8) is 0 Å². The Kier molecular flexibility index (Phi) is 6.62. The van der Waals surface area contributed by atoms with Crippen molar-refractivity contribution in [3.8, 4) is 0 Å². The fraction of sp³-hybridized carbons (Fsp3) is 1.00. The van der Waals surface area contributed by atoms with Crippen LogP contribution in [0.2, 0.25) is 0 Å². The second-order valence-electron chi connectivity index (χ2n) is 3.43. The molecule has 1 fully saturated rings. The van der Waals surface area contributed by atoms with Gasteiger partial charge in [0.05, 0.1) is 0 Å². The first kappa shape index (κ1) is 14.3. The average molecular weight is 311 g/mol. The van der Waals surface area contributed by atoms with E-state index in [0.29, 0.717) is 12.6 Å². The van der Waals surface area contributed by atoms with Gasteiger partial charge in [-0.2, -0.15) is 0 Å². The van der Waals surface area contributed by atoms with Crippen LogP contribution < -0.4 is 0 Å². The molecule has 0 bridgehead atoms. The number of nitrogens with zero attached hydrogens (tertiary/aromatic N) is 1. The molecule has 0 saturated carbocycles. The van der Waals surface area contributed by atoms with E-state index in [9.17, 15) is 0 Å². The SMILES string of the molecule is Br.CC1CCCCN1CC(Cl)(Cl)Cl. The highest BCUT2D eigenvalue weighted by atomic mass is 79.9. The van der Waals surface area contributed by atoms with Gasteiger partial charge in [0.1, 0.15) is 0 Å². The number of alkyl halides is 3. The second-order valence-corrected chi connectivity index (χ2v) is 5.95. The van der Waals surface area contributed by atoms with Crippen LogP contribution in [0.3, 0.4) is 0 Å². The van der Waals surface area contributed by atoms with Crippen LogP contribution in [0.5, 0.6) is 0 Å². The third-order valence-corrected chi connectivity index (χ3v) is 2.68. The number of rotatable bonds is 1. The van der Waals surface area contributed by atoms with Crippen molar-refractivity contribution in [2.45, 2.75) is 36.0 Å². The zero-order valence-corrected chi connectivity index (χ0v) is 11.6. The highest BCUT2D eigenvalue weighted by molar-refractivity contribution is 8.93. The number of piperidine rings is 1. The molecule has 1 unspecified atom stereocenters. The molecule has 1 saturated heterocycles. The molecule has 1 rings (SSSR count). The number of likely N-dealkylation sites (tertiary alicyclic amines) is 1. The van der Waals surface area contributed by atoms with Gasteiger partial charge in [-0.15, -0.1) is 17.0 Å². The molecule has 1 nitrogen and oxygen atoms in total. The predicted octanol–water partition coefficient (Wildman–Crippen LogP) is 3.81. The van der Waals surface area contributed by atoms with Gasteiger partial charge >= 0.3 is 0 Å². The zero-order chi connectivity index (χ0) is 9.19.